The summed E-state index contributed by atoms with van der Waals surface area (Å²) >= 11 is 0. The van der Waals surface area contributed by atoms with Crippen LogP contribution in [0.1, 0.15) is 28.8 Å². The summed E-state index contributed by atoms with van der Waals surface area (Å²) in [6, 6.07) is 7.63. The molecule has 0 unspecified atom stereocenters. The lowest BCUT2D eigenvalue weighted by Gasteiger charge is -2.16. The first-order chi connectivity index (χ1) is 13.3. The predicted molar refractivity (Wildman–Crippen MR) is 97.1 cm³/mol. The smallest absolute Gasteiger partial charge is 0.343 e. The average molecular weight is 392 g/mol. The fraction of sp³-hybridized carbons (Fsp3) is 0.316. The molecule has 148 valence electrons. The van der Waals surface area contributed by atoms with Crippen LogP contribution in [0.2, 0.25) is 0 Å². The van der Waals surface area contributed by atoms with Gasteiger partial charge >= 0.3 is 6.18 Å². The topological polar surface area (TPSA) is 74.3 Å². The largest absolute Gasteiger partial charge is 0.416 e. The van der Waals surface area contributed by atoms with E-state index in [0.717, 1.165) is 25.0 Å². The van der Waals surface area contributed by atoms with Crippen LogP contribution < -0.4 is 10.6 Å². The molecule has 1 aromatic heterocycles. The molecule has 1 aliphatic heterocycles. The van der Waals surface area contributed by atoms with Crippen LogP contribution in [0.5, 0.6) is 0 Å². The van der Waals surface area contributed by atoms with E-state index in [2.05, 4.69) is 15.6 Å². The fourth-order valence-corrected chi connectivity index (χ4v) is 2.93. The van der Waals surface area contributed by atoms with E-state index in [-0.39, 0.29) is 29.5 Å². The molecule has 0 bridgehead atoms. The normalized spacial score (nSPS) is 14.0. The molecule has 2 aromatic rings. The van der Waals surface area contributed by atoms with E-state index in [9.17, 15) is 22.8 Å². The Bertz CT molecular complexity index is 864. The zero-order valence-corrected chi connectivity index (χ0v) is 14.9. The van der Waals surface area contributed by atoms with Crippen LogP contribution in [-0.4, -0.2) is 41.3 Å². The van der Waals surface area contributed by atoms with Gasteiger partial charge in [0.05, 0.1) is 17.7 Å². The van der Waals surface area contributed by atoms with E-state index in [1.807, 2.05) is 0 Å². The summed E-state index contributed by atoms with van der Waals surface area (Å²) in [5, 5.41) is 5.29. The summed E-state index contributed by atoms with van der Waals surface area (Å²) in [6.07, 6.45) is -1.15. The van der Waals surface area contributed by atoms with Gasteiger partial charge in [-0.25, -0.2) is 4.98 Å². The van der Waals surface area contributed by atoms with Crippen LogP contribution in [-0.2, 0) is 11.0 Å². The molecule has 0 aliphatic carbocycles. The highest BCUT2D eigenvalue weighted by atomic mass is 19.4. The molecule has 1 fully saturated rings. The van der Waals surface area contributed by atoms with E-state index < -0.39 is 17.6 Å². The SMILES string of the molecule is O=C(NCC(=O)N1CCCC1)c1cccnc1Nc1cccc(C(F)(F)F)c1. The molecule has 1 saturated heterocycles. The van der Waals surface area contributed by atoms with Crippen molar-refractivity contribution in [2.75, 3.05) is 25.0 Å². The van der Waals surface area contributed by atoms with Crippen molar-refractivity contribution < 1.29 is 22.8 Å². The lowest BCUT2D eigenvalue weighted by Crippen LogP contribution is -2.38. The number of alkyl halides is 3. The number of hydrogen-bond donors (Lipinski definition) is 2. The van der Waals surface area contributed by atoms with Crippen LogP contribution in [0, 0.1) is 0 Å². The van der Waals surface area contributed by atoms with Crippen LogP contribution in [0.3, 0.4) is 0 Å². The van der Waals surface area contributed by atoms with Gasteiger partial charge in [-0.1, -0.05) is 6.07 Å². The Morgan fingerprint density at radius 3 is 2.57 bits per heavy atom. The van der Waals surface area contributed by atoms with Crippen molar-refractivity contribution >= 4 is 23.3 Å². The number of benzene rings is 1. The van der Waals surface area contributed by atoms with Gasteiger partial charge in [0.15, 0.2) is 0 Å². The van der Waals surface area contributed by atoms with Crippen molar-refractivity contribution in [1.82, 2.24) is 15.2 Å². The van der Waals surface area contributed by atoms with Crippen molar-refractivity contribution in [2.45, 2.75) is 19.0 Å². The number of aromatic nitrogens is 1. The molecule has 6 nitrogen and oxygen atoms in total. The van der Waals surface area contributed by atoms with E-state index >= 15 is 0 Å². The van der Waals surface area contributed by atoms with Gasteiger partial charge in [0, 0.05) is 25.0 Å². The molecular formula is C19H19F3N4O2. The molecule has 28 heavy (non-hydrogen) atoms. The highest BCUT2D eigenvalue weighted by molar-refractivity contribution is 6.00. The summed E-state index contributed by atoms with van der Waals surface area (Å²) in [5.74, 6) is -0.592. The molecular weight excluding hydrogens is 373 g/mol. The Balaban J connectivity index is 1.70. The van der Waals surface area contributed by atoms with Gasteiger partial charge < -0.3 is 15.5 Å². The molecule has 1 aromatic carbocycles. The van der Waals surface area contributed by atoms with E-state index in [1.54, 1.807) is 4.90 Å². The average Bonchev–Trinajstić information content (AvgIpc) is 3.21. The zero-order valence-electron chi connectivity index (χ0n) is 14.9. The maximum absolute atomic E-state index is 12.9. The fourth-order valence-electron chi connectivity index (χ4n) is 2.93. The Kier molecular flexibility index (Phi) is 5.81. The number of rotatable bonds is 5. The molecule has 0 spiro atoms. The molecule has 9 heteroatoms. The number of carbonyl (C=O) groups excluding carboxylic acids is 2. The molecule has 2 N–H and O–H groups in total. The van der Waals surface area contributed by atoms with Gasteiger partial charge in [0.25, 0.3) is 5.91 Å². The highest BCUT2D eigenvalue weighted by Crippen LogP contribution is 2.31. The van der Waals surface area contributed by atoms with E-state index in [0.29, 0.717) is 13.1 Å². The van der Waals surface area contributed by atoms with Crippen LogP contribution in [0.25, 0.3) is 0 Å². The minimum Gasteiger partial charge on any atom is -0.343 e. The second-order valence-electron chi connectivity index (χ2n) is 6.37. The molecule has 1 aliphatic rings. The molecule has 2 amide bonds. The standard InChI is InChI=1S/C19H19F3N4O2/c20-19(21,22)13-5-3-6-14(11-13)25-17-15(7-4-8-23-17)18(28)24-12-16(27)26-9-1-2-10-26/h3-8,11H,1-2,9-10,12H2,(H,23,25)(H,24,28). The number of nitrogens with one attached hydrogen (secondary N) is 2. The van der Waals surface area contributed by atoms with E-state index in [1.165, 1.54) is 30.5 Å². The zero-order chi connectivity index (χ0) is 20.1. The summed E-state index contributed by atoms with van der Waals surface area (Å²) in [4.78, 5) is 30.3. The molecule has 0 atom stereocenters. The minimum atomic E-state index is -4.47. The number of carbonyl (C=O) groups is 2. The monoisotopic (exact) mass is 392 g/mol. The molecule has 2 heterocycles. The third-order valence-electron chi connectivity index (χ3n) is 4.36. The summed E-state index contributed by atoms with van der Waals surface area (Å²) in [6.45, 7) is 1.23. The van der Waals surface area contributed by atoms with Crippen molar-refractivity contribution in [1.29, 1.82) is 0 Å². The van der Waals surface area contributed by atoms with Crippen LogP contribution >= 0.6 is 0 Å². The van der Waals surface area contributed by atoms with Crippen molar-refractivity contribution in [3.63, 3.8) is 0 Å². The van der Waals surface area contributed by atoms with Crippen LogP contribution in [0.15, 0.2) is 42.6 Å². The Hall–Kier alpha value is -3.10. The Morgan fingerprint density at radius 1 is 1.11 bits per heavy atom. The van der Waals surface area contributed by atoms with Crippen molar-refractivity contribution in [3.05, 3.63) is 53.7 Å². The molecule has 0 radical (unpaired) electrons. The number of halogens is 3. The van der Waals surface area contributed by atoms with Crippen LogP contribution in [0.4, 0.5) is 24.7 Å². The number of nitrogens with zero attached hydrogens (tertiary/aromatic N) is 2. The van der Waals surface area contributed by atoms with Gasteiger partial charge in [-0.2, -0.15) is 13.2 Å². The van der Waals surface area contributed by atoms with Gasteiger partial charge in [-0.3, -0.25) is 9.59 Å². The maximum Gasteiger partial charge on any atom is 0.416 e. The second kappa shape index (κ2) is 8.28. The lowest BCUT2D eigenvalue weighted by molar-refractivity contribution is -0.137. The highest BCUT2D eigenvalue weighted by Gasteiger charge is 2.30. The van der Waals surface area contributed by atoms with Gasteiger partial charge in [0.2, 0.25) is 5.91 Å². The lowest BCUT2D eigenvalue weighted by atomic mass is 10.2. The first-order valence-corrected chi connectivity index (χ1v) is 8.80. The summed E-state index contributed by atoms with van der Waals surface area (Å²) in [7, 11) is 0. The number of anilines is 2. The third kappa shape index (κ3) is 4.79. The van der Waals surface area contributed by atoms with E-state index in [4.69, 9.17) is 0 Å². The van der Waals surface area contributed by atoms with Crippen molar-refractivity contribution in [2.24, 2.45) is 0 Å². The first-order valence-electron chi connectivity index (χ1n) is 8.80. The summed E-state index contributed by atoms with van der Waals surface area (Å²) < 4.78 is 38.6. The third-order valence-corrected chi connectivity index (χ3v) is 4.36. The van der Waals surface area contributed by atoms with Crippen molar-refractivity contribution in [3.8, 4) is 0 Å². The van der Waals surface area contributed by atoms with Gasteiger partial charge in [0.1, 0.15) is 5.82 Å². The Morgan fingerprint density at radius 2 is 1.86 bits per heavy atom. The maximum atomic E-state index is 12.9. The molecule has 0 saturated carbocycles. The number of hydrogen-bond acceptors (Lipinski definition) is 4. The molecule has 3 rings (SSSR count). The quantitative estimate of drug-likeness (QED) is 0.820. The number of likely N-dealkylation sites (tertiary alicyclic amines) is 1. The van der Waals surface area contributed by atoms with Gasteiger partial charge in [-0.15, -0.1) is 0 Å². The predicted octanol–water partition coefficient (Wildman–Crippen LogP) is 3.20. The number of pyridine rings is 1. The first kappa shape index (κ1) is 19.7. The number of amides is 2. The van der Waals surface area contributed by atoms with Gasteiger partial charge in [-0.05, 0) is 43.2 Å². The minimum absolute atomic E-state index is 0.105. The second-order valence-corrected chi connectivity index (χ2v) is 6.37. The summed E-state index contributed by atoms with van der Waals surface area (Å²) in [5.41, 5.74) is -0.527. The Labute approximate surface area is 159 Å².